The molecule has 1 aromatic carbocycles. The summed E-state index contributed by atoms with van der Waals surface area (Å²) >= 11 is 0. The van der Waals surface area contributed by atoms with Crippen LogP contribution >= 0.6 is 0 Å². The van der Waals surface area contributed by atoms with E-state index in [1.165, 1.54) is 30.6 Å². The van der Waals surface area contributed by atoms with E-state index in [0.717, 1.165) is 0 Å². The second kappa shape index (κ2) is 8.19. The highest BCUT2D eigenvalue weighted by molar-refractivity contribution is 5.98. The molecule has 31 heavy (non-hydrogen) atoms. The number of nitrogens with one attached hydrogen (secondary N) is 3. The van der Waals surface area contributed by atoms with Gasteiger partial charge in [0.05, 0.1) is 11.0 Å². The zero-order valence-electron chi connectivity index (χ0n) is 16.4. The molecule has 0 spiro atoms. The zero-order valence-corrected chi connectivity index (χ0v) is 16.4. The number of halogens is 1. The van der Waals surface area contributed by atoms with Crippen molar-refractivity contribution in [1.82, 2.24) is 25.3 Å². The third kappa shape index (κ3) is 4.04. The summed E-state index contributed by atoms with van der Waals surface area (Å²) in [4.78, 5) is 38.8. The van der Waals surface area contributed by atoms with E-state index >= 15 is 0 Å². The Bertz CT molecular complexity index is 1280. The quantitative estimate of drug-likeness (QED) is 0.394. The number of amides is 3. The topological polar surface area (TPSA) is 139 Å². The van der Waals surface area contributed by atoms with Crippen molar-refractivity contribution in [1.29, 1.82) is 0 Å². The molecule has 3 aromatic heterocycles. The van der Waals surface area contributed by atoms with E-state index < -0.39 is 17.8 Å². The number of H-pyrrole nitrogens is 1. The summed E-state index contributed by atoms with van der Waals surface area (Å²) < 4.78 is 14.6. The number of carbonyl (C=O) groups is 2. The highest BCUT2D eigenvalue weighted by Gasteiger charge is 2.17. The molecular formula is C21H18FN7O2. The number of rotatable bonds is 5. The van der Waals surface area contributed by atoms with Gasteiger partial charge in [-0.15, -0.1) is 0 Å². The van der Waals surface area contributed by atoms with Crippen molar-refractivity contribution in [3.8, 4) is 22.4 Å². The molecule has 0 aliphatic heterocycles. The highest BCUT2D eigenvalue weighted by atomic mass is 19.1. The van der Waals surface area contributed by atoms with Gasteiger partial charge in [0.15, 0.2) is 0 Å². The fourth-order valence-corrected chi connectivity index (χ4v) is 3.13. The summed E-state index contributed by atoms with van der Waals surface area (Å²) in [5, 5.41) is 5.23. The molecule has 0 aliphatic rings. The Labute approximate surface area is 175 Å². The summed E-state index contributed by atoms with van der Waals surface area (Å²) in [5.41, 5.74) is 8.32. The minimum absolute atomic E-state index is 0.129. The van der Waals surface area contributed by atoms with Crippen molar-refractivity contribution < 1.29 is 14.0 Å². The van der Waals surface area contributed by atoms with Gasteiger partial charge in [-0.25, -0.2) is 14.2 Å². The lowest BCUT2D eigenvalue weighted by atomic mass is 10.0. The van der Waals surface area contributed by atoms with Crippen LogP contribution in [0.2, 0.25) is 0 Å². The molecule has 4 aromatic rings. The molecule has 0 radical (unpaired) electrons. The van der Waals surface area contributed by atoms with E-state index in [-0.39, 0.29) is 17.3 Å². The lowest BCUT2D eigenvalue weighted by Crippen LogP contribution is -2.28. The number of anilines is 1. The van der Waals surface area contributed by atoms with Crippen LogP contribution in [-0.4, -0.2) is 38.4 Å². The van der Waals surface area contributed by atoms with E-state index in [1.807, 2.05) is 0 Å². The lowest BCUT2D eigenvalue weighted by Gasteiger charge is -2.08. The van der Waals surface area contributed by atoms with Gasteiger partial charge in [-0.2, -0.15) is 0 Å². The van der Waals surface area contributed by atoms with Gasteiger partial charge in [0, 0.05) is 30.1 Å². The number of pyridine rings is 2. The average Bonchev–Trinajstić information content (AvgIpc) is 3.16. The highest BCUT2D eigenvalue weighted by Crippen LogP contribution is 2.34. The fraction of sp³-hybridized carbons (Fsp3) is 0.0952. The molecule has 4 rings (SSSR count). The Morgan fingerprint density at radius 1 is 1.16 bits per heavy atom. The van der Waals surface area contributed by atoms with Crippen molar-refractivity contribution in [2.75, 3.05) is 11.9 Å². The number of nitrogens with two attached hydrogens (primary N) is 1. The zero-order chi connectivity index (χ0) is 22.0. The molecule has 0 fully saturated rings. The Morgan fingerprint density at radius 2 is 2.00 bits per heavy atom. The smallest absolute Gasteiger partial charge is 0.321 e. The van der Waals surface area contributed by atoms with Crippen LogP contribution in [0, 0.1) is 5.82 Å². The van der Waals surface area contributed by atoms with E-state index in [4.69, 9.17) is 5.73 Å². The molecule has 0 aliphatic carbocycles. The molecule has 0 saturated carbocycles. The lowest BCUT2D eigenvalue weighted by molar-refractivity contribution is 0.0995. The number of urea groups is 1. The Kier molecular flexibility index (Phi) is 5.27. The van der Waals surface area contributed by atoms with Crippen LogP contribution in [0.1, 0.15) is 17.4 Å². The first-order chi connectivity index (χ1) is 15.0. The van der Waals surface area contributed by atoms with Crippen molar-refractivity contribution in [2.45, 2.75) is 6.92 Å². The molecule has 0 bridgehead atoms. The van der Waals surface area contributed by atoms with Gasteiger partial charge in [-0.05, 0) is 42.8 Å². The van der Waals surface area contributed by atoms with Gasteiger partial charge >= 0.3 is 6.03 Å². The largest absolute Gasteiger partial charge is 0.364 e. The molecular weight excluding hydrogens is 401 g/mol. The number of benzene rings is 1. The first-order valence-corrected chi connectivity index (χ1v) is 9.42. The molecule has 0 saturated heterocycles. The second-order valence-corrected chi connectivity index (χ2v) is 6.62. The summed E-state index contributed by atoms with van der Waals surface area (Å²) in [5.74, 6) is -0.930. The van der Waals surface area contributed by atoms with Gasteiger partial charge < -0.3 is 16.0 Å². The maximum atomic E-state index is 14.6. The van der Waals surface area contributed by atoms with Gasteiger partial charge in [-0.3, -0.25) is 20.1 Å². The van der Waals surface area contributed by atoms with Crippen LogP contribution in [0.3, 0.4) is 0 Å². The molecule has 3 amide bonds. The van der Waals surface area contributed by atoms with Gasteiger partial charge in [0.1, 0.15) is 17.2 Å². The summed E-state index contributed by atoms with van der Waals surface area (Å²) in [6, 6.07) is 9.10. The van der Waals surface area contributed by atoms with Crippen LogP contribution in [-0.2, 0) is 0 Å². The number of primary amides is 1. The van der Waals surface area contributed by atoms with Crippen molar-refractivity contribution >= 4 is 28.9 Å². The Hall–Kier alpha value is -4.34. The molecule has 3 heterocycles. The summed E-state index contributed by atoms with van der Waals surface area (Å²) in [6.45, 7) is 2.25. The fourth-order valence-electron chi connectivity index (χ4n) is 3.13. The van der Waals surface area contributed by atoms with E-state index in [0.29, 0.717) is 34.3 Å². The number of fused-ring (bicyclic) bond motifs is 1. The van der Waals surface area contributed by atoms with E-state index in [2.05, 4.69) is 30.6 Å². The first-order valence-electron chi connectivity index (χ1n) is 9.42. The van der Waals surface area contributed by atoms with Gasteiger partial charge in [-0.1, -0.05) is 6.07 Å². The van der Waals surface area contributed by atoms with E-state index in [9.17, 15) is 14.0 Å². The SMILES string of the molecule is CCNC(=O)Nc1nc2cc(-c3ccc(C(N)=O)nc3)cc(-c3ncccc3F)c2[nH]1. The average molecular weight is 419 g/mol. The number of carbonyl (C=O) groups excluding carboxylic acids is 2. The number of aromatic nitrogens is 4. The van der Waals surface area contributed by atoms with Crippen LogP contribution in [0.4, 0.5) is 15.1 Å². The van der Waals surface area contributed by atoms with Crippen molar-refractivity contribution in [2.24, 2.45) is 5.73 Å². The Morgan fingerprint density at radius 3 is 2.68 bits per heavy atom. The minimum Gasteiger partial charge on any atom is -0.364 e. The van der Waals surface area contributed by atoms with E-state index in [1.54, 1.807) is 25.1 Å². The Balaban J connectivity index is 1.87. The second-order valence-electron chi connectivity index (χ2n) is 6.62. The standard InChI is InChI=1S/C21H18FN7O2/c1-2-24-21(31)29-20-27-16-9-12(11-5-6-15(19(23)30)26-10-11)8-13(18(16)28-20)17-14(22)4-3-7-25-17/h3-10H,2H2,1H3,(H2,23,30)(H3,24,27,28,29,31). The summed E-state index contributed by atoms with van der Waals surface area (Å²) in [7, 11) is 0. The maximum absolute atomic E-state index is 14.6. The molecule has 0 atom stereocenters. The number of hydrogen-bond acceptors (Lipinski definition) is 5. The number of nitrogens with zero attached hydrogens (tertiary/aromatic N) is 3. The van der Waals surface area contributed by atoms with Crippen molar-refractivity contribution in [3.05, 3.63) is 60.3 Å². The van der Waals surface area contributed by atoms with Gasteiger partial charge in [0.2, 0.25) is 5.95 Å². The molecule has 9 nitrogen and oxygen atoms in total. The van der Waals surface area contributed by atoms with Crippen molar-refractivity contribution in [3.63, 3.8) is 0 Å². The number of hydrogen-bond donors (Lipinski definition) is 4. The maximum Gasteiger partial charge on any atom is 0.321 e. The number of aromatic amines is 1. The predicted octanol–water partition coefficient (Wildman–Crippen LogP) is 3.07. The van der Waals surface area contributed by atoms with Crippen LogP contribution < -0.4 is 16.4 Å². The molecule has 0 unspecified atom stereocenters. The molecule has 156 valence electrons. The first kappa shape index (κ1) is 20.0. The van der Waals surface area contributed by atoms with Crippen LogP contribution in [0.15, 0.2) is 48.8 Å². The van der Waals surface area contributed by atoms with Crippen LogP contribution in [0.25, 0.3) is 33.4 Å². The minimum atomic E-state index is -0.633. The third-order valence-corrected chi connectivity index (χ3v) is 4.53. The van der Waals surface area contributed by atoms with Crippen LogP contribution in [0.5, 0.6) is 0 Å². The normalized spacial score (nSPS) is 10.8. The monoisotopic (exact) mass is 419 g/mol. The van der Waals surface area contributed by atoms with Gasteiger partial charge in [0.25, 0.3) is 5.91 Å². The molecule has 5 N–H and O–H groups in total. The number of imidazole rings is 1. The summed E-state index contributed by atoms with van der Waals surface area (Å²) in [6.07, 6.45) is 2.99. The molecule has 10 heteroatoms. The predicted molar refractivity (Wildman–Crippen MR) is 114 cm³/mol. The third-order valence-electron chi connectivity index (χ3n) is 4.53.